The number of pyridine rings is 1. The summed E-state index contributed by atoms with van der Waals surface area (Å²) in [4.78, 5) is 34.8. The monoisotopic (exact) mass is 458 g/mol. The van der Waals surface area contributed by atoms with Crippen molar-refractivity contribution in [2.45, 2.75) is 45.1 Å². The first-order chi connectivity index (χ1) is 16.6. The van der Waals surface area contributed by atoms with Gasteiger partial charge in [-0.2, -0.15) is 0 Å². The second-order valence-electron chi connectivity index (χ2n) is 11.0. The van der Waals surface area contributed by atoms with Crippen LogP contribution in [0.15, 0.2) is 48.7 Å². The number of hydrogen-bond acceptors (Lipinski definition) is 4. The highest BCUT2D eigenvalue weighted by molar-refractivity contribution is 5.94. The summed E-state index contributed by atoms with van der Waals surface area (Å²) in [5.74, 6) is 3.62. The maximum absolute atomic E-state index is 13.2. The van der Waals surface area contributed by atoms with Gasteiger partial charge in [0.25, 0.3) is 5.91 Å². The Balaban J connectivity index is 1.02. The third kappa shape index (κ3) is 4.08. The Hall–Kier alpha value is -2.89. The van der Waals surface area contributed by atoms with Gasteiger partial charge in [-0.05, 0) is 86.1 Å². The zero-order valence-corrected chi connectivity index (χ0v) is 19.8. The smallest absolute Gasteiger partial charge is 0.253 e. The van der Waals surface area contributed by atoms with Crippen LogP contribution in [0, 0.1) is 23.2 Å². The van der Waals surface area contributed by atoms with Gasteiger partial charge in [0.2, 0.25) is 5.91 Å². The first-order valence-electron chi connectivity index (χ1n) is 12.9. The van der Waals surface area contributed by atoms with Gasteiger partial charge < -0.3 is 15.1 Å². The summed E-state index contributed by atoms with van der Waals surface area (Å²) in [5, 5.41) is 3.24. The number of anilines is 1. The average molecular weight is 459 g/mol. The molecule has 5 fully saturated rings. The molecule has 6 heteroatoms. The van der Waals surface area contributed by atoms with Crippen LogP contribution < -0.4 is 10.2 Å². The Kier molecular flexibility index (Phi) is 5.54. The standard InChI is InChI=1S/C28H34N4O2/c33-26(32-11-9-31(10-12-32)25-3-1-2-8-29-25)24-6-4-20(5-7-24)19-30-27(34)28-16-21-13-22(17-28)15-23(14-21)18-28/h1-8,21-23H,9-19H2,(H,30,34). The average Bonchev–Trinajstić information content (AvgIpc) is 2.87. The lowest BCUT2D eigenvalue weighted by Gasteiger charge is -2.55. The molecule has 34 heavy (non-hydrogen) atoms. The van der Waals surface area contributed by atoms with E-state index >= 15 is 0 Å². The van der Waals surface area contributed by atoms with Crippen LogP contribution >= 0.6 is 0 Å². The van der Waals surface area contributed by atoms with Gasteiger partial charge in [0.05, 0.1) is 0 Å². The van der Waals surface area contributed by atoms with Crippen molar-refractivity contribution >= 4 is 17.6 Å². The third-order valence-corrected chi connectivity index (χ3v) is 8.71. The number of carbonyl (C=O) groups is 2. The van der Waals surface area contributed by atoms with Crippen molar-refractivity contribution in [1.29, 1.82) is 0 Å². The molecule has 6 nitrogen and oxygen atoms in total. The molecule has 0 unspecified atom stereocenters. The third-order valence-electron chi connectivity index (χ3n) is 8.71. The van der Waals surface area contributed by atoms with E-state index in [1.807, 2.05) is 47.4 Å². The molecule has 2 heterocycles. The molecule has 5 aliphatic rings. The number of rotatable bonds is 5. The lowest BCUT2D eigenvalue weighted by atomic mass is 9.49. The highest BCUT2D eigenvalue weighted by atomic mass is 16.2. The number of nitrogens with zero attached hydrogens (tertiary/aromatic N) is 3. The maximum Gasteiger partial charge on any atom is 0.253 e. The minimum atomic E-state index is -0.109. The Morgan fingerprint density at radius 3 is 2.12 bits per heavy atom. The highest BCUT2D eigenvalue weighted by Crippen LogP contribution is 2.60. The van der Waals surface area contributed by atoms with Crippen molar-refractivity contribution in [3.05, 3.63) is 59.8 Å². The molecule has 4 aliphatic carbocycles. The fraction of sp³-hybridized carbons (Fsp3) is 0.536. The maximum atomic E-state index is 13.2. The molecule has 1 saturated heterocycles. The Bertz CT molecular complexity index is 1010. The van der Waals surface area contributed by atoms with E-state index in [-0.39, 0.29) is 17.2 Å². The number of piperazine rings is 1. The molecular formula is C28H34N4O2. The molecule has 0 radical (unpaired) electrons. The van der Waals surface area contributed by atoms with Crippen LogP contribution in [-0.2, 0) is 11.3 Å². The van der Waals surface area contributed by atoms with Crippen molar-refractivity contribution in [2.75, 3.05) is 31.1 Å². The number of amides is 2. The van der Waals surface area contributed by atoms with Gasteiger partial charge in [-0.1, -0.05) is 18.2 Å². The van der Waals surface area contributed by atoms with Crippen LogP contribution in [0.5, 0.6) is 0 Å². The first-order valence-corrected chi connectivity index (χ1v) is 12.9. The summed E-state index contributed by atoms with van der Waals surface area (Å²) in [7, 11) is 0. The van der Waals surface area contributed by atoms with Gasteiger partial charge in [0.15, 0.2) is 0 Å². The van der Waals surface area contributed by atoms with E-state index < -0.39 is 0 Å². The summed E-state index contributed by atoms with van der Waals surface area (Å²) in [6, 6.07) is 13.7. The largest absolute Gasteiger partial charge is 0.353 e. The second-order valence-corrected chi connectivity index (χ2v) is 11.0. The fourth-order valence-corrected chi connectivity index (χ4v) is 7.39. The number of hydrogen-bond donors (Lipinski definition) is 1. The van der Waals surface area contributed by atoms with Crippen molar-refractivity contribution in [1.82, 2.24) is 15.2 Å². The van der Waals surface area contributed by atoms with Crippen molar-refractivity contribution in [2.24, 2.45) is 23.2 Å². The summed E-state index contributed by atoms with van der Waals surface area (Å²) in [6.07, 6.45) is 9.12. The van der Waals surface area contributed by atoms with E-state index in [2.05, 4.69) is 15.2 Å². The molecule has 1 N–H and O–H groups in total. The summed E-state index contributed by atoms with van der Waals surface area (Å²) in [5.41, 5.74) is 1.65. The number of nitrogens with one attached hydrogen (secondary N) is 1. The van der Waals surface area contributed by atoms with Crippen LogP contribution in [-0.4, -0.2) is 47.9 Å². The summed E-state index contributed by atoms with van der Waals surface area (Å²) < 4.78 is 0. The molecule has 2 aromatic rings. The van der Waals surface area contributed by atoms with Gasteiger partial charge in [-0.15, -0.1) is 0 Å². The normalized spacial score (nSPS) is 29.8. The quantitative estimate of drug-likeness (QED) is 0.739. The number of benzene rings is 1. The molecule has 1 aromatic heterocycles. The second kappa shape index (κ2) is 8.71. The molecule has 0 atom stereocenters. The molecule has 4 bridgehead atoms. The van der Waals surface area contributed by atoms with Crippen LogP contribution in [0.4, 0.5) is 5.82 Å². The predicted molar refractivity (Wildman–Crippen MR) is 131 cm³/mol. The molecular weight excluding hydrogens is 424 g/mol. The molecule has 7 rings (SSSR count). The fourth-order valence-electron chi connectivity index (χ4n) is 7.39. The lowest BCUT2D eigenvalue weighted by Crippen LogP contribution is -2.53. The topological polar surface area (TPSA) is 65.5 Å². The number of carbonyl (C=O) groups excluding carboxylic acids is 2. The van der Waals surface area contributed by atoms with Crippen LogP contribution in [0.25, 0.3) is 0 Å². The van der Waals surface area contributed by atoms with E-state index in [1.165, 1.54) is 19.3 Å². The van der Waals surface area contributed by atoms with E-state index in [0.717, 1.165) is 61.5 Å². The lowest BCUT2D eigenvalue weighted by molar-refractivity contribution is -0.146. The number of aromatic nitrogens is 1. The predicted octanol–water partition coefficient (Wildman–Crippen LogP) is 3.88. The van der Waals surface area contributed by atoms with E-state index in [4.69, 9.17) is 0 Å². The Morgan fingerprint density at radius 2 is 1.53 bits per heavy atom. The highest BCUT2D eigenvalue weighted by Gasteiger charge is 2.54. The van der Waals surface area contributed by atoms with E-state index in [9.17, 15) is 9.59 Å². The molecule has 2 amide bonds. The molecule has 1 aliphatic heterocycles. The minimum Gasteiger partial charge on any atom is -0.353 e. The van der Waals surface area contributed by atoms with Gasteiger partial charge in [0, 0.05) is 49.9 Å². The Labute approximate surface area is 201 Å². The molecule has 4 saturated carbocycles. The van der Waals surface area contributed by atoms with Crippen molar-refractivity contribution in [3.63, 3.8) is 0 Å². The van der Waals surface area contributed by atoms with Gasteiger partial charge >= 0.3 is 0 Å². The zero-order chi connectivity index (χ0) is 23.1. The van der Waals surface area contributed by atoms with E-state index in [0.29, 0.717) is 25.2 Å². The van der Waals surface area contributed by atoms with Gasteiger partial charge in [-0.25, -0.2) is 4.98 Å². The SMILES string of the molecule is O=C(c1ccc(CNC(=O)C23CC4CC(CC(C4)C2)C3)cc1)N1CCN(c2ccccn2)CC1. The van der Waals surface area contributed by atoms with Crippen LogP contribution in [0.2, 0.25) is 0 Å². The molecule has 178 valence electrons. The van der Waals surface area contributed by atoms with Gasteiger partial charge in [0.1, 0.15) is 5.82 Å². The molecule has 1 aromatic carbocycles. The zero-order valence-electron chi connectivity index (χ0n) is 19.8. The summed E-state index contributed by atoms with van der Waals surface area (Å²) in [6.45, 7) is 3.50. The summed E-state index contributed by atoms with van der Waals surface area (Å²) >= 11 is 0. The van der Waals surface area contributed by atoms with Crippen molar-refractivity contribution in [3.8, 4) is 0 Å². The minimum absolute atomic E-state index is 0.0739. The van der Waals surface area contributed by atoms with Gasteiger partial charge in [-0.3, -0.25) is 9.59 Å². The van der Waals surface area contributed by atoms with Crippen LogP contribution in [0.1, 0.15) is 54.4 Å². The Morgan fingerprint density at radius 1 is 0.882 bits per heavy atom. The molecule has 0 spiro atoms. The van der Waals surface area contributed by atoms with E-state index in [1.54, 1.807) is 6.20 Å². The van der Waals surface area contributed by atoms with Crippen LogP contribution in [0.3, 0.4) is 0 Å². The van der Waals surface area contributed by atoms with Crippen molar-refractivity contribution < 1.29 is 9.59 Å². The first kappa shape index (κ1) is 21.6.